The molecule has 4 heteroatoms. The summed E-state index contributed by atoms with van der Waals surface area (Å²) in [5.74, 6) is -0.810. The summed E-state index contributed by atoms with van der Waals surface area (Å²) in [5, 5.41) is 0. The smallest absolute Gasteiger partial charge is 0.319 e. The molecule has 0 aromatic carbocycles. The third kappa shape index (κ3) is 5.51. The van der Waals surface area contributed by atoms with E-state index in [4.69, 9.17) is 4.74 Å². The fourth-order valence-corrected chi connectivity index (χ4v) is 2.31. The maximum absolute atomic E-state index is 12.7. The summed E-state index contributed by atoms with van der Waals surface area (Å²) in [4.78, 5) is 26.5. The molecule has 0 bridgehead atoms. The topological polar surface area (TPSA) is 46.6 Å². The lowest BCUT2D eigenvalue weighted by Gasteiger charge is -2.34. The summed E-state index contributed by atoms with van der Waals surface area (Å²) in [5.41, 5.74) is -0.449. The lowest BCUT2D eigenvalue weighted by Crippen LogP contribution is -2.47. The van der Waals surface area contributed by atoms with E-state index in [9.17, 15) is 9.59 Å². The highest BCUT2D eigenvalue weighted by atomic mass is 16.5. The second-order valence-electron chi connectivity index (χ2n) is 6.98. The fourth-order valence-electron chi connectivity index (χ4n) is 2.31. The molecular formula is C16H31NO3. The molecule has 4 nitrogen and oxygen atoms in total. The summed E-state index contributed by atoms with van der Waals surface area (Å²) in [6.07, 6.45) is 0.919. The summed E-state index contributed by atoms with van der Waals surface area (Å²) in [7, 11) is 1.77. The number of carbonyl (C=O) groups excluding carboxylic acids is 2. The van der Waals surface area contributed by atoms with Crippen LogP contribution in [0.25, 0.3) is 0 Å². The van der Waals surface area contributed by atoms with E-state index in [-0.39, 0.29) is 11.9 Å². The number of hydrogen-bond donors (Lipinski definition) is 0. The number of hydrogen-bond acceptors (Lipinski definition) is 3. The van der Waals surface area contributed by atoms with E-state index >= 15 is 0 Å². The van der Waals surface area contributed by atoms with Crippen molar-refractivity contribution in [2.75, 3.05) is 13.7 Å². The van der Waals surface area contributed by atoms with Crippen LogP contribution in [0.2, 0.25) is 0 Å². The molecule has 0 saturated carbocycles. The molecule has 20 heavy (non-hydrogen) atoms. The maximum atomic E-state index is 12.7. The molecule has 0 aliphatic carbocycles. The van der Waals surface area contributed by atoms with Gasteiger partial charge in [0.05, 0.1) is 6.61 Å². The van der Waals surface area contributed by atoms with E-state index in [1.165, 1.54) is 0 Å². The molecule has 0 aliphatic rings. The van der Waals surface area contributed by atoms with Crippen LogP contribution in [0.1, 0.15) is 54.9 Å². The first kappa shape index (κ1) is 18.9. The van der Waals surface area contributed by atoms with Gasteiger partial charge in [-0.1, -0.05) is 34.6 Å². The number of nitrogens with zero attached hydrogens (tertiary/aromatic N) is 1. The van der Waals surface area contributed by atoms with Crippen molar-refractivity contribution in [2.45, 2.75) is 60.9 Å². The number of esters is 1. The second-order valence-corrected chi connectivity index (χ2v) is 6.98. The molecule has 0 fully saturated rings. The van der Waals surface area contributed by atoms with Crippen molar-refractivity contribution in [1.82, 2.24) is 4.90 Å². The van der Waals surface area contributed by atoms with Gasteiger partial charge in [-0.3, -0.25) is 9.59 Å². The summed E-state index contributed by atoms with van der Waals surface area (Å²) >= 11 is 0. The van der Waals surface area contributed by atoms with E-state index in [0.717, 1.165) is 6.42 Å². The molecule has 0 saturated heterocycles. The van der Waals surface area contributed by atoms with Crippen molar-refractivity contribution >= 4 is 11.9 Å². The van der Waals surface area contributed by atoms with Crippen LogP contribution >= 0.6 is 0 Å². The molecule has 0 N–H and O–H groups in total. The van der Waals surface area contributed by atoms with Crippen molar-refractivity contribution in [1.29, 1.82) is 0 Å². The zero-order valence-electron chi connectivity index (χ0n) is 14.3. The molecule has 0 rings (SSSR count). The Labute approximate surface area is 123 Å². The van der Waals surface area contributed by atoms with E-state index in [1.807, 2.05) is 27.7 Å². The second kappa shape index (κ2) is 7.65. The molecule has 1 amide bonds. The Kier molecular flexibility index (Phi) is 7.25. The van der Waals surface area contributed by atoms with Crippen LogP contribution in [0.15, 0.2) is 0 Å². The van der Waals surface area contributed by atoms with Crippen molar-refractivity contribution < 1.29 is 14.3 Å². The molecule has 2 atom stereocenters. The molecule has 0 aliphatic heterocycles. The van der Waals surface area contributed by atoms with Gasteiger partial charge in [-0.25, -0.2) is 0 Å². The zero-order valence-corrected chi connectivity index (χ0v) is 14.3. The molecule has 0 heterocycles. The number of carbonyl (C=O) groups is 2. The Bertz CT molecular complexity index is 331. The lowest BCUT2D eigenvalue weighted by molar-refractivity contribution is -0.160. The minimum absolute atomic E-state index is 0.113. The molecule has 0 spiro atoms. The Morgan fingerprint density at radius 2 is 1.65 bits per heavy atom. The van der Waals surface area contributed by atoms with Crippen LogP contribution < -0.4 is 0 Å². The SMILES string of the molecule is CCOC(=O)C(C(=O)N(C)C(C)CC(C)C)C(C)(C)C. The fraction of sp³-hybridized carbons (Fsp3) is 0.875. The highest BCUT2D eigenvalue weighted by Crippen LogP contribution is 2.29. The number of amides is 1. The molecule has 0 aromatic rings. The summed E-state index contributed by atoms with van der Waals surface area (Å²) < 4.78 is 5.08. The lowest BCUT2D eigenvalue weighted by atomic mass is 9.79. The monoisotopic (exact) mass is 285 g/mol. The van der Waals surface area contributed by atoms with E-state index in [1.54, 1.807) is 18.9 Å². The maximum Gasteiger partial charge on any atom is 0.319 e. The van der Waals surface area contributed by atoms with Gasteiger partial charge in [0.25, 0.3) is 0 Å². The Hall–Kier alpha value is -1.06. The van der Waals surface area contributed by atoms with Gasteiger partial charge in [-0.2, -0.15) is 0 Å². The van der Waals surface area contributed by atoms with Gasteiger partial charge in [0, 0.05) is 13.1 Å². The van der Waals surface area contributed by atoms with Crippen LogP contribution in [-0.4, -0.2) is 36.5 Å². The third-order valence-electron chi connectivity index (χ3n) is 3.46. The molecule has 0 radical (unpaired) electrons. The average molecular weight is 285 g/mol. The predicted molar refractivity (Wildman–Crippen MR) is 81.3 cm³/mol. The quantitative estimate of drug-likeness (QED) is 0.556. The van der Waals surface area contributed by atoms with E-state index < -0.39 is 17.3 Å². The largest absolute Gasteiger partial charge is 0.465 e. The third-order valence-corrected chi connectivity index (χ3v) is 3.46. The van der Waals surface area contributed by atoms with Crippen LogP contribution in [0.4, 0.5) is 0 Å². The Morgan fingerprint density at radius 1 is 1.15 bits per heavy atom. The molecule has 0 aromatic heterocycles. The van der Waals surface area contributed by atoms with Crippen molar-refractivity contribution in [3.8, 4) is 0 Å². The molecular weight excluding hydrogens is 254 g/mol. The van der Waals surface area contributed by atoms with Gasteiger partial charge in [0.2, 0.25) is 5.91 Å². The first-order valence-electron chi connectivity index (χ1n) is 7.45. The highest BCUT2D eigenvalue weighted by Gasteiger charge is 2.41. The van der Waals surface area contributed by atoms with Crippen LogP contribution in [0, 0.1) is 17.3 Å². The molecule has 118 valence electrons. The first-order chi connectivity index (χ1) is 9.02. The number of rotatable bonds is 6. The Balaban J connectivity index is 5.09. The van der Waals surface area contributed by atoms with Crippen LogP contribution in [0.3, 0.4) is 0 Å². The summed E-state index contributed by atoms with van der Waals surface area (Å²) in [6.45, 7) is 14.0. The molecule has 2 unspecified atom stereocenters. The van der Waals surface area contributed by atoms with Gasteiger partial charge >= 0.3 is 5.97 Å². The standard InChI is InChI=1S/C16H31NO3/c1-9-20-15(19)13(16(5,6)7)14(18)17(8)12(4)10-11(2)3/h11-13H,9-10H2,1-8H3. The van der Waals surface area contributed by atoms with Gasteiger partial charge in [0.1, 0.15) is 5.92 Å². The van der Waals surface area contributed by atoms with E-state index in [2.05, 4.69) is 13.8 Å². The van der Waals surface area contributed by atoms with Gasteiger partial charge < -0.3 is 9.64 Å². The highest BCUT2D eigenvalue weighted by molar-refractivity contribution is 5.98. The zero-order chi connectivity index (χ0) is 16.1. The normalized spacial score (nSPS) is 14.8. The van der Waals surface area contributed by atoms with Gasteiger partial charge in [-0.15, -0.1) is 0 Å². The van der Waals surface area contributed by atoms with Crippen molar-refractivity contribution in [3.05, 3.63) is 0 Å². The number of ether oxygens (including phenoxy) is 1. The Morgan fingerprint density at radius 3 is 2.00 bits per heavy atom. The summed E-state index contributed by atoms with van der Waals surface area (Å²) in [6, 6.07) is 0.113. The first-order valence-corrected chi connectivity index (χ1v) is 7.45. The van der Waals surface area contributed by atoms with Crippen molar-refractivity contribution in [2.24, 2.45) is 17.3 Å². The minimum Gasteiger partial charge on any atom is -0.465 e. The van der Waals surface area contributed by atoms with Crippen molar-refractivity contribution in [3.63, 3.8) is 0 Å². The minimum atomic E-state index is -0.748. The van der Waals surface area contributed by atoms with Crippen LogP contribution in [-0.2, 0) is 14.3 Å². The van der Waals surface area contributed by atoms with Gasteiger partial charge in [-0.05, 0) is 31.6 Å². The average Bonchev–Trinajstić information content (AvgIpc) is 2.25. The van der Waals surface area contributed by atoms with Gasteiger partial charge in [0.15, 0.2) is 0 Å². The predicted octanol–water partition coefficient (Wildman–Crippen LogP) is 3.10. The van der Waals surface area contributed by atoms with Crippen LogP contribution in [0.5, 0.6) is 0 Å². The van der Waals surface area contributed by atoms with E-state index in [0.29, 0.717) is 12.5 Å².